The Kier molecular flexibility index (Phi) is 6.20. The molecule has 0 radical (unpaired) electrons. The highest BCUT2D eigenvalue weighted by Crippen LogP contribution is 2.33. The first-order valence-electron chi connectivity index (χ1n) is 11.4. The minimum atomic E-state index is -4.41. The van der Waals surface area contributed by atoms with Gasteiger partial charge >= 0.3 is 6.18 Å². The first kappa shape index (κ1) is 22.1. The molecule has 4 heterocycles. The van der Waals surface area contributed by atoms with Crippen molar-refractivity contribution in [3.05, 3.63) is 41.9 Å². The quantitative estimate of drug-likeness (QED) is 0.585. The summed E-state index contributed by atoms with van der Waals surface area (Å²) >= 11 is 0. The van der Waals surface area contributed by atoms with Crippen LogP contribution in [0.25, 0.3) is 11.2 Å². The number of rotatable bonds is 5. The summed E-state index contributed by atoms with van der Waals surface area (Å²) < 4.78 is 47.1. The molecule has 2 fully saturated rings. The van der Waals surface area contributed by atoms with Crippen molar-refractivity contribution < 1.29 is 17.9 Å². The number of aromatic nitrogens is 4. The lowest BCUT2D eigenvalue weighted by atomic mass is 9.96. The molecular weight excluding hydrogens is 433 g/mol. The van der Waals surface area contributed by atoms with E-state index in [9.17, 15) is 13.2 Å². The largest absolute Gasteiger partial charge is 0.416 e. The van der Waals surface area contributed by atoms with Gasteiger partial charge in [-0.05, 0) is 62.9 Å². The second-order valence-electron chi connectivity index (χ2n) is 8.75. The number of hydrogen-bond donors (Lipinski definition) is 2. The topological polar surface area (TPSA) is 76.9 Å². The van der Waals surface area contributed by atoms with Gasteiger partial charge in [-0.15, -0.1) is 0 Å². The number of ether oxygens (including phenoxy) is 1. The van der Waals surface area contributed by atoms with Crippen LogP contribution in [0.4, 0.5) is 24.8 Å². The first-order chi connectivity index (χ1) is 16.0. The molecule has 0 unspecified atom stereocenters. The van der Waals surface area contributed by atoms with Crippen LogP contribution in [0.2, 0.25) is 0 Å². The molecule has 1 aromatic carbocycles. The molecule has 3 aromatic rings. The SMILES string of the molecule is FC(F)(F)c1cccc(Nc2nc3cnc(CC4CCOCC4)nc3n2C2CCNCC2)c1. The zero-order valence-corrected chi connectivity index (χ0v) is 18.2. The highest BCUT2D eigenvalue weighted by Gasteiger charge is 2.31. The van der Waals surface area contributed by atoms with E-state index < -0.39 is 11.7 Å². The van der Waals surface area contributed by atoms with Crippen LogP contribution < -0.4 is 10.6 Å². The number of nitrogens with zero attached hydrogens (tertiary/aromatic N) is 4. The standard InChI is InChI=1S/C23H27F3N6O/c24-23(25,26)16-2-1-3-17(13-16)29-22-30-19-14-28-20(12-15-6-10-33-11-7-15)31-21(19)32(22)18-4-8-27-9-5-18/h1-3,13-15,18,27H,4-12H2,(H,29,30). The van der Waals surface area contributed by atoms with E-state index in [0.29, 0.717) is 23.1 Å². The van der Waals surface area contributed by atoms with Crippen molar-refractivity contribution in [2.24, 2.45) is 5.92 Å². The third-order valence-corrected chi connectivity index (χ3v) is 6.41. The van der Waals surface area contributed by atoms with Crippen molar-refractivity contribution in [1.82, 2.24) is 24.8 Å². The van der Waals surface area contributed by atoms with Crippen molar-refractivity contribution in [2.75, 3.05) is 31.6 Å². The summed E-state index contributed by atoms with van der Waals surface area (Å²) in [5, 5.41) is 6.48. The molecule has 0 bridgehead atoms. The lowest BCUT2D eigenvalue weighted by Gasteiger charge is -2.26. The number of imidazole rings is 1. The monoisotopic (exact) mass is 460 g/mol. The molecule has 7 nitrogen and oxygen atoms in total. The van der Waals surface area contributed by atoms with Gasteiger partial charge in [-0.1, -0.05) is 6.07 Å². The molecule has 2 aromatic heterocycles. The number of anilines is 2. The smallest absolute Gasteiger partial charge is 0.381 e. The Morgan fingerprint density at radius 3 is 2.64 bits per heavy atom. The second-order valence-corrected chi connectivity index (χ2v) is 8.75. The number of alkyl halides is 3. The number of fused-ring (bicyclic) bond motifs is 1. The molecule has 2 N–H and O–H groups in total. The van der Waals surface area contributed by atoms with Gasteiger partial charge in [-0.25, -0.2) is 15.0 Å². The van der Waals surface area contributed by atoms with Gasteiger partial charge in [0, 0.05) is 31.4 Å². The maximum absolute atomic E-state index is 13.2. The van der Waals surface area contributed by atoms with Crippen LogP contribution in [0.5, 0.6) is 0 Å². The number of piperidine rings is 1. The van der Waals surface area contributed by atoms with Crippen molar-refractivity contribution >= 4 is 22.8 Å². The molecule has 2 aliphatic heterocycles. The Morgan fingerprint density at radius 1 is 1.09 bits per heavy atom. The van der Waals surface area contributed by atoms with Gasteiger partial charge in [0.2, 0.25) is 5.95 Å². The van der Waals surface area contributed by atoms with Crippen molar-refractivity contribution in [1.29, 1.82) is 0 Å². The summed E-state index contributed by atoms with van der Waals surface area (Å²) in [6, 6.07) is 5.33. The van der Waals surface area contributed by atoms with E-state index >= 15 is 0 Å². The summed E-state index contributed by atoms with van der Waals surface area (Å²) in [7, 11) is 0. The molecule has 0 spiro atoms. The molecule has 0 aliphatic carbocycles. The lowest BCUT2D eigenvalue weighted by Crippen LogP contribution is -2.30. The third-order valence-electron chi connectivity index (χ3n) is 6.41. The van der Waals surface area contributed by atoms with Gasteiger partial charge in [0.15, 0.2) is 5.65 Å². The number of nitrogens with one attached hydrogen (secondary N) is 2. The van der Waals surface area contributed by atoms with Crippen LogP contribution in [-0.2, 0) is 17.3 Å². The predicted molar refractivity (Wildman–Crippen MR) is 118 cm³/mol. The van der Waals surface area contributed by atoms with E-state index in [4.69, 9.17) is 9.72 Å². The van der Waals surface area contributed by atoms with E-state index in [-0.39, 0.29) is 6.04 Å². The van der Waals surface area contributed by atoms with E-state index in [1.165, 1.54) is 6.07 Å². The van der Waals surface area contributed by atoms with E-state index in [1.54, 1.807) is 12.3 Å². The molecule has 2 saturated heterocycles. The number of hydrogen-bond acceptors (Lipinski definition) is 6. The maximum atomic E-state index is 13.2. The fourth-order valence-corrected chi connectivity index (χ4v) is 4.63. The fourth-order valence-electron chi connectivity index (χ4n) is 4.63. The van der Waals surface area contributed by atoms with Gasteiger partial charge < -0.3 is 15.4 Å². The van der Waals surface area contributed by atoms with Crippen molar-refractivity contribution in [2.45, 2.75) is 44.3 Å². The Bertz CT molecular complexity index is 1100. The minimum Gasteiger partial charge on any atom is -0.381 e. The Hall–Kier alpha value is -2.72. The highest BCUT2D eigenvalue weighted by molar-refractivity contribution is 5.75. The van der Waals surface area contributed by atoms with Gasteiger partial charge in [0.25, 0.3) is 0 Å². The first-order valence-corrected chi connectivity index (χ1v) is 11.4. The average molecular weight is 461 g/mol. The summed E-state index contributed by atoms with van der Waals surface area (Å²) in [4.78, 5) is 14.1. The second kappa shape index (κ2) is 9.26. The van der Waals surface area contributed by atoms with Gasteiger partial charge in [-0.2, -0.15) is 13.2 Å². The summed E-state index contributed by atoms with van der Waals surface area (Å²) in [5.41, 5.74) is 1.01. The maximum Gasteiger partial charge on any atom is 0.416 e. The highest BCUT2D eigenvalue weighted by atomic mass is 19.4. The molecule has 2 aliphatic rings. The summed E-state index contributed by atoms with van der Waals surface area (Å²) in [5.74, 6) is 1.76. The van der Waals surface area contributed by atoms with Crippen LogP contribution >= 0.6 is 0 Å². The normalized spacial score (nSPS) is 18.6. The average Bonchev–Trinajstić information content (AvgIpc) is 3.17. The zero-order chi connectivity index (χ0) is 22.8. The predicted octanol–water partition coefficient (Wildman–Crippen LogP) is 4.48. The van der Waals surface area contributed by atoms with Gasteiger partial charge in [0.1, 0.15) is 11.3 Å². The molecule has 0 amide bonds. The molecule has 33 heavy (non-hydrogen) atoms. The molecule has 10 heteroatoms. The van der Waals surface area contributed by atoms with Crippen LogP contribution in [0.1, 0.15) is 43.1 Å². The Labute approximate surface area is 189 Å². The van der Waals surface area contributed by atoms with Crippen molar-refractivity contribution in [3.63, 3.8) is 0 Å². The zero-order valence-electron chi connectivity index (χ0n) is 18.2. The van der Waals surface area contributed by atoms with Crippen LogP contribution in [-0.4, -0.2) is 45.8 Å². The number of benzene rings is 1. The molecule has 176 valence electrons. The van der Waals surface area contributed by atoms with Crippen LogP contribution in [0, 0.1) is 5.92 Å². The molecular formula is C23H27F3N6O. The van der Waals surface area contributed by atoms with E-state index in [1.807, 2.05) is 4.57 Å². The number of halogens is 3. The molecule has 0 saturated carbocycles. The summed E-state index contributed by atoms with van der Waals surface area (Å²) in [6.07, 6.45) is 1.88. The van der Waals surface area contributed by atoms with Crippen LogP contribution in [0.15, 0.2) is 30.5 Å². The lowest BCUT2D eigenvalue weighted by molar-refractivity contribution is -0.137. The van der Waals surface area contributed by atoms with Gasteiger partial charge in [0.05, 0.1) is 11.8 Å². The Balaban J connectivity index is 1.50. The van der Waals surface area contributed by atoms with E-state index in [0.717, 1.165) is 82.0 Å². The van der Waals surface area contributed by atoms with Crippen molar-refractivity contribution in [3.8, 4) is 0 Å². The fraction of sp³-hybridized carbons (Fsp3) is 0.522. The molecule has 5 rings (SSSR count). The minimum absolute atomic E-state index is 0.148. The van der Waals surface area contributed by atoms with Crippen LogP contribution in [0.3, 0.4) is 0 Å². The van der Waals surface area contributed by atoms with Gasteiger partial charge in [-0.3, -0.25) is 4.57 Å². The Morgan fingerprint density at radius 2 is 1.88 bits per heavy atom. The van der Waals surface area contributed by atoms with E-state index in [2.05, 4.69) is 20.6 Å². The summed E-state index contributed by atoms with van der Waals surface area (Å²) in [6.45, 7) is 3.27. The molecule has 0 atom stereocenters. The third kappa shape index (κ3) is 4.96.